The zero-order valence-corrected chi connectivity index (χ0v) is 24.4. The Morgan fingerprint density at radius 2 is 1.65 bits per heavy atom. The molecule has 0 saturated heterocycles. The maximum absolute atomic E-state index is 12.8. The maximum Gasteiger partial charge on any atom is 0.326 e. The highest BCUT2D eigenvalue weighted by molar-refractivity contribution is 5.83. The third-order valence-electron chi connectivity index (χ3n) is 12.3. The Morgan fingerprint density at radius 3 is 2.35 bits per heavy atom. The van der Waals surface area contributed by atoms with Crippen molar-refractivity contribution in [2.45, 2.75) is 110 Å². The highest BCUT2D eigenvalue weighted by atomic mass is 16.4. The van der Waals surface area contributed by atoms with Crippen molar-refractivity contribution in [3.63, 3.8) is 0 Å². The molecule has 0 radical (unpaired) electrons. The van der Waals surface area contributed by atoms with E-state index in [1.54, 1.807) is 12.1 Å². The zero-order valence-electron chi connectivity index (χ0n) is 24.4. The molecule has 0 aliphatic heterocycles. The minimum atomic E-state index is -1.06. The fourth-order valence-electron chi connectivity index (χ4n) is 10.1. The Hall–Kier alpha value is -2.12. The van der Waals surface area contributed by atoms with Crippen LogP contribution in [0.25, 0.3) is 0 Å². The van der Waals surface area contributed by atoms with E-state index in [9.17, 15) is 30.0 Å². The summed E-state index contributed by atoms with van der Waals surface area (Å²) < 4.78 is 0. The van der Waals surface area contributed by atoms with Gasteiger partial charge in [0.2, 0.25) is 5.91 Å². The maximum atomic E-state index is 12.8. The van der Waals surface area contributed by atoms with E-state index < -0.39 is 12.0 Å². The summed E-state index contributed by atoms with van der Waals surface area (Å²) in [6.07, 6.45) is 8.82. The Labute approximate surface area is 238 Å². The number of phenols is 1. The first kappa shape index (κ1) is 29.4. The van der Waals surface area contributed by atoms with Gasteiger partial charge in [-0.2, -0.15) is 0 Å². The fraction of sp³-hybridized carbons (Fsp3) is 0.758. The van der Waals surface area contributed by atoms with Crippen molar-refractivity contribution in [3.05, 3.63) is 29.8 Å². The molecule has 0 spiro atoms. The number of carboxylic acid groups (broad SMARTS) is 1. The number of hydrogen-bond donors (Lipinski definition) is 5. The average Bonchev–Trinajstić information content (AvgIpc) is 3.26. The number of aliphatic carboxylic acids is 1. The van der Waals surface area contributed by atoms with Crippen LogP contribution < -0.4 is 5.32 Å². The van der Waals surface area contributed by atoms with Crippen molar-refractivity contribution >= 4 is 11.9 Å². The van der Waals surface area contributed by atoms with Gasteiger partial charge in [-0.1, -0.05) is 32.9 Å². The van der Waals surface area contributed by atoms with E-state index in [0.717, 1.165) is 63.4 Å². The summed E-state index contributed by atoms with van der Waals surface area (Å²) in [7, 11) is 0. The Kier molecular flexibility index (Phi) is 8.28. The van der Waals surface area contributed by atoms with Crippen LogP contribution in [-0.2, 0) is 16.0 Å². The van der Waals surface area contributed by atoms with Gasteiger partial charge in [0.15, 0.2) is 0 Å². The first-order valence-corrected chi connectivity index (χ1v) is 15.6. The van der Waals surface area contributed by atoms with Crippen molar-refractivity contribution in [1.82, 2.24) is 5.32 Å². The van der Waals surface area contributed by atoms with Crippen molar-refractivity contribution in [2.24, 2.45) is 46.3 Å². The lowest BCUT2D eigenvalue weighted by molar-refractivity contribution is -0.174. The lowest BCUT2D eigenvalue weighted by Gasteiger charge is -2.62. The van der Waals surface area contributed by atoms with Gasteiger partial charge in [-0.25, -0.2) is 4.79 Å². The van der Waals surface area contributed by atoms with Gasteiger partial charge in [0, 0.05) is 12.8 Å². The number of nitrogens with one attached hydrogen (secondary N) is 1. The van der Waals surface area contributed by atoms with Gasteiger partial charge in [-0.05, 0) is 122 Å². The average molecular weight is 556 g/mol. The molecule has 0 bridgehead atoms. The van der Waals surface area contributed by atoms with Crippen LogP contribution in [0.2, 0.25) is 0 Å². The Balaban J connectivity index is 1.19. The molecule has 0 aromatic heterocycles. The summed E-state index contributed by atoms with van der Waals surface area (Å²) in [4.78, 5) is 24.7. The monoisotopic (exact) mass is 555 g/mol. The summed E-state index contributed by atoms with van der Waals surface area (Å²) in [5.41, 5.74) is 1.11. The number of hydrogen-bond acceptors (Lipinski definition) is 5. The largest absolute Gasteiger partial charge is 0.508 e. The van der Waals surface area contributed by atoms with E-state index >= 15 is 0 Å². The SMILES string of the molecule is C[C@H](CCC(=O)N[C@@H](Cc1ccc(O)cc1)C(=O)O)[C@H]1CCC2C3C(CC[C@@]21C)[C@@]1(C)CC[C@@H](O)C[C@H]1C[C@H]3O. The van der Waals surface area contributed by atoms with Gasteiger partial charge in [-0.15, -0.1) is 0 Å². The number of aliphatic hydroxyl groups is 2. The molecule has 5 N–H and O–H groups in total. The van der Waals surface area contributed by atoms with Gasteiger partial charge >= 0.3 is 5.97 Å². The summed E-state index contributed by atoms with van der Waals surface area (Å²) in [6.45, 7) is 7.13. The van der Waals surface area contributed by atoms with Crippen molar-refractivity contribution < 1.29 is 30.0 Å². The number of aromatic hydroxyl groups is 1. The summed E-state index contributed by atoms with van der Waals surface area (Å²) >= 11 is 0. The highest BCUT2D eigenvalue weighted by Crippen LogP contribution is 2.68. The number of carbonyl (C=O) groups is 2. The van der Waals surface area contributed by atoms with E-state index in [1.165, 1.54) is 12.1 Å². The molecule has 4 fully saturated rings. The second-order valence-corrected chi connectivity index (χ2v) is 14.3. The van der Waals surface area contributed by atoms with Crippen LogP contribution in [0.4, 0.5) is 0 Å². The third-order valence-corrected chi connectivity index (χ3v) is 12.3. The van der Waals surface area contributed by atoms with E-state index in [1.807, 2.05) is 0 Å². The minimum absolute atomic E-state index is 0.121. The van der Waals surface area contributed by atoms with Gasteiger partial charge in [0.05, 0.1) is 12.2 Å². The summed E-state index contributed by atoms with van der Waals surface area (Å²) in [5, 5.41) is 43.7. The zero-order chi connectivity index (χ0) is 28.8. The molecule has 222 valence electrons. The van der Waals surface area contributed by atoms with Gasteiger partial charge in [0.25, 0.3) is 0 Å². The first-order chi connectivity index (χ1) is 18.9. The molecule has 3 unspecified atom stereocenters. The second-order valence-electron chi connectivity index (χ2n) is 14.3. The van der Waals surface area contributed by atoms with E-state index in [-0.39, 0.29) is 41.1 Å². The number of rotatable bonds is 8. The Bertz CT molecular complexity index is 1080. The normalized spacial score (nSPS) is 40.3. The van der Waals surface area contributed by atoms with Gasteiger partial charge in [0.1, 0.15) is 11.8 Å². The highest BCUT2D eigenvalue weighted by Gasteiger charge is 2.62. The summed E-state index contributed by atoms with van der Waals surface area (Å²) in [5.74, 6) is 1.41. The quantitative estimate of drug-likeness (QED) is 0.310. The van der Waals surface area contributed by atoms with Crippen molar-refractivity contribution in [1.29, 1.82) is 0 Å². The topological polar surface area (TPSA) is 127 Å². The molecule has 7 heteroatoms. The van der Waals surface area contributed by atoms with Crippen LogP contribution in [0.3, 0.4) is 0 Å². The number of carboxylic acids is 1. The van der Waals surface area contributed by atoms with E-state index in [2.05, 4.69) is 26.1 Å². The molecule has 1 aromatic rings. The molecule has 4 aliphatic rings. The number of amides is 1. The molecule has 5 rings (SSSR count). The minimum Gasteiger partial charge on any atom is -0.508 e. The molecular formula is C33H49NO6. The third kappa shape index (κ3) is 5.40. The lowest BCUT2D eigenvalue weighted by Crippen LogP contribution is -2.58. The van der Waals surface area contributed by atoms with Crippen LogP contribution in [0.1, 0.15) is 90.5 Å². The van der Waals surface area contributed by atoms with Crippen LogP contribution in [-0.4, -0.2) is 50.6 Å². The molecule has 7 nitrogen and oxygen atoms in total. The molecule has 1 aromatic carbocycles. The summed E-state index contributed by atoms with van der Waals surface area (Å²) in [6, 6.07) is 5.38. The van der Waals surface area contributed by atoms with Crippen molar-refractivity contribution in [2.75, 3.05) is 0 Å². The molecule has 4 aliphatic carbocycles. The molecule has 40 heavy (non-hydrogen) atoms. The van der Waals surface area contributed by atoms with E-state index in [4.69, 9.17) is 0 Å². The number of benzene rings is 1. The number of phenolic OH excluding ortho intramolecular Hbond substituents is 1. The molecule has 1 amide bonds. The van der Waals surface area contributed by atoms with Crippen LogP contribution in [0.5, 0.6) is 5.75 Å². The molecular weight excluding hydrogens is 506 g/mol. The predicted molar refractivity (Wildman–Crippen MR) is 152 cm³/mol. The molecule has 11 atom stereocenters. The number of aliphatic hydroxyl groups excluding tert-OH is 2. The van der Waals surface area contributed by atoms with Gasteiger partial charge in [-0.3, -0.25) is 4.79 Å². The smallest absolute Gasteiger partial charge is 0.326 e. The molecule has 4 saturated carbocycles. The number of carbonyl (C=O) groups excluding carboxylic acids is 1. The standard InChI is InChI=1S/C33H49NO6/c1-19(4-11-29(38)34-27(31(39)40)16-20-5-7-22(35)8-6-20)24-9-10-25-30-26(13-15-33(24,25)3)32(2)14-12-23(36)17-21(32)18-28(30)37/h5-8,19,21,23-28,30,35-37H,4,9-18H2,1-3H3,(H,34,38)(H,39,40)/t19-,21+,23-,24-,25?,26?,27+,28-,30?,32+,33-/m1/s1. The predicted octanol–water partition coefficient (Wildman–Crippen LogP) is 4.91. The van der Waals surface area contributed by atoms with Crippen molar-refractivity contribution in [3.8, 4) is 5.75 Å². The van der Waals surface area contributed by atoms with Crippen LogP contribution >= 0.6 is 0 Å². The first-order valence-electron chi connectivity index (χ1n) is 15.6. The second kappa shape index (κ2) is 11.3. The lowest BCUT2D eigenvalue weighted by atomic mass is 9.43. The fourth-order valence-corrected chi connectivity index (χ4v) is 10.1. The van der Waals surface area contributed by atoms with Gasteiger partial charge < -0.3 is 25.7 Å². The van der Waals surface area contributed by atoms with Crippen LogP contribution in [0, 0.1) is 46.3 Å². The Morgan fingerprint density at radius 1 is 0.975 bits per heavy atom. The number of fused-ring (bicyclic) bond motifs is 5. The van der Waals surface area contributed by atoms with E-state index in [0.29, 0.717) is 41.9 Å². The molecule has 0 heterocycles. The van der Waals surface area contributed by atoms with Crippen LogP contribution in [0.15, 0.2) is 24.3 Å².